The first-order valence-electron chi connectivity index (χ1n) is 6.82. The highest BCUT2D eigenvalue weighted by Gasteiger charge is 2.16. The Balaban J connectivity index is 2.22. The number of aryl methyl sites for hydroxylation is 2. The molecule has 2 rings (SSSR count). The zero-order valence-electron chi connectivity index (χ0n) is 11.8. The van der Waals surface area contributed by atoms with Crippen molar-refractivity contribution in [2.75, 3.05) is 0 Å². The number of benzene rings is 1. The Morgan fingerprint density at radius 3 is 2.74 bits per heavy atom. The minimum atomic E-state index is 0.280. The van der Waals surface area contributed by atoms with Gasteiger partial charge in [0.05, 0.1) is 5.69 Å². The van der Waals surface area contributed by atoms with Crippen molar-refractivity contribution in [1.82, 2.24) is 15.0 Å². The monoisotopic (exact) mass is 259 g/mol. The van der Waals surface area contributed by atoms with Crippen LogP contribution in [0.4, 0.5) is 0 Å². The summed E-state index contributed by atoms with van der Waals surface area (Å²) in [6, 6.07) is 5.77. The normalized spacial score (nSPS) is 12.6. The van der Waals surface area contributed by atoms with Gasteiger partial charge in [0, 0.05) is 19.2 Å². The summed E-state index contributed by atoms with van der Waals surface area (Å²) >= 11 is 0. The fourth-order valence-corrected chi connectivity index (χ4v) is 2.31. The van der Waals surface area contributed by atoms with Gasteiger partial charge >= 0.3 is 0 Å². The standard InChI is InChI=1S/C15H21N3O/c1-4-12(9-13-10-18(5-2)17-16-13)14-8-11(3)6-7-15(14)19/h6-8,10,12,19H,4-5,9H2,1-3H3. The van der Waals surface area contributed by atoms with E-state index in [1.807, 2.05) is 30.8 Å². The van der Waals surface area contributed by atoms with Crippen LogP contribution in [-0.4, -0.2) is 20.1 Å². The molecule has 0 saturated carbocycles. The lowest BCUT2D eigenvalue weighted by atomic mass is 9.90. The van der Waals surface area contributed by atoms with E-state index in [0.717, 1.165) is 30.6 Å². The third-order valence-electron chi connectivity index (χ3n) is 3.48. The highest BCUT2D eigenvalue weighted by molar-refractivity contribution is 5.38. The zero-order valence-corrected chi connectivity index (χ0v) is 11.8. The molecule has 0 radical (unpaired) electrons. The number of phenols is 1. The van der Waals surface area contributed by atoms with Gasteiger partial charge in [-0.1, -0.05) is 29.8 Å². The summed E-state index contributed by atoms with van der Waals surface area (Å²) in [5.41, 5.74) is 3.16. The van der Waals surface area contributed by atoms with Crippen LogP contribution in [0.2, 0.25) is 0 Å². The van der Waals surface area contributed by atoms with Gasteiger partial charge in [-0.15, -0.1) is 5.10 Å². The number of phenolic OH excluding ortho intramolecular Hbond substituents is 1. The Hall–Kier alpha value is -1.84. The number of hydrogen-bond acceptors (Lipinski definition) is 3. The third kappa shape index (κ3) is 3.13. The van der Waals surface area contributed by atoms with Crippen molar-refractivity contribution in [1.29, 1.82) is 0 Å². The van der Waals surface area contributed by atoms with Crippen LogP contribution < -0.4 is 0 Å². The van der Waals surface area contributed by atoms with Crippen LogP contribution in [0.15, 0.2) is 24.4 Å². The second kappa shape index (κ2) is 5.87. The van der Waals surface area contributed by atoms with Crippen LogP contribution >= 0.6 is 0 Å². The van der Waals surface area contributed by atoms with Crippen molar-refractivity contribution < 1.29 is 5.11 Å². The molecule has 1 N–H and O–H groups in total. The smallest absolute Gasteiger partial charge is 0.119 e. The molecule has 1 heterocycles. The molecule has 0 saturated heterocycles. The van der Waals surface area contributed by atoms with Crippen molar-refractivity contribution in [3.05, 3.63) is 41.2 Å². The summed E-state index contributed by atoms with van der Waals surface area (Å²) in [6.45, 7) is 7.06. The topological polar surface area (TPSA) is 50.9 Å². The molecule has 1 aromatic heterocycles. The van der Waals surface area contributed by atoms with Gasteiger partial charge in [-0.2, -0.15) is 0 Å². The van der Waals surface area contributed by atoms with Gasteiger partial charge in [0.2, 0.25) is 0 Å². The van der Waals surface area contributed by atoms with Gasteiger partial charge in [-0.05, 0) is 37.8 Å². The summed E-state index contributed by atoms with van der Waals surface area (Å²) in [5.74, 6) is 0.655. The van der Waals surface area contributed by atoms with Gasteiger partial charge in [-0.3, -0.25) is 4.68 Å². The van der Waals surface area contributed by atoms with E-state index < -0.39 is 0 Å². The van der Waals surface area contributed by atoms with Crippen LogP contribution in [0.1, 0.15) is 43.0 Å². The number of hydrogen-bond donors (Lipinski definition) is 1. The Labute approximate surface area is 114 Å². The summed E-state index contributed by atoms with van der Waals surface area (Å²) in [5, 5.41) is 18.3. The van der Waals surface area contributed by atoms with Crippen LogP contribution in [0.3, 0.4) is 0 Å². The number of aromatic hydroxyl groups is 1. The van der Waals surface area contributed by atoms with Gasteiger partial charge in [0.15, 0.2) is 0 Å². The molecule has 0 aliphatic carbocycles. The molecule has 0 bridgehead atoms. The average molecular weight is 259 g/mol. The first-order chi connectivity index (χ1) is 9.13. The van der Waals surface area contributed by atoms with Gasteiger partial charge in [0.25, 0.3) is 0 Å². The molecule has 1 atom stereocenters. The SMILES string of the molecule is CCC(Cc1cn(CC)nn1)c1cc(C)ccc1O. The van der Waals surface area contributed by atoms with Crippen LogP contribution in [0.5, 0.6) is 5.75 Å². The fraction of sp³-hybridized carbons (Fsp3) is 0.467. The molecule has 4 nitrogen and oxygen atoms in total. The van der Waals surface area contributed by atoms with E-state index >= 15 is 0 Å². The molecule has 4 heteroatoms. The second-order valence-electron chi connectivity index (χ2n) is 4.94. The van der Waals surface area contributed by atoms with E-state index in [-0.39, 0.29) is 5.92 Å². The Morgan fingerprint density at radius 1 is 1.32 bits per heavy atom. The molecule has 1 unspecified atom stereocenters. The van der Waals surface area contributed by atoms with Crippen molar-refractivity contribution in [2.45, 2.75) is 46.1 Å². The molecule has 2 aromatic rings. The number of rotatable bonds is 5. The van der Waals surface area contributed by atoms with E-state index in [9.17, 15) is 5.11 Å². The molecular weight excluding hydrogens is 238 g/mol. The second-order valence-corrected chi connectivity index (χ2v) is 4.94. The van der Waals surface area contributed by atoms with E-state index in [4.69, 9.17) is 0 Å². The number of aromatic nitrogens is 3. The van der Waals surface area contributed by atoms with E-state index in [2.05, 4.69) is 23.3 Å². The van der Waals surface area contributed by atoms with E-state index in [1.54, 1.807) is 6.07 Å². The van der Waals surface area contributed by atoms with Crippen LogP contribution in [0.25, 0.3) is 0 Å². The minimum Gasteiger partial charge on any atom is -0.508 e. The molecule has 102 valence electrons. The number of nitrogens with zero attached hydrogens (tertiary/aromatic N) is 3. The molecule has 0 fully saturated rings. The molecule has 0 amide bonds. The summed E-state index contributed by atoms with van der Waals surface area (Å²) in [6.07, 6.45) is 3.76. The van der Waals surface area contributed by atoms with Crippen molar-refractivity contribution in [3.63, 3.8) is 0 Å². The zero-order chi connectivity index (χ0) is 13.8. The molecule has 1 aromatic carbocycles. The van der Waals surface area contributed by atoms with Crippen molar-refractivity contribution in [3.8, 4) is 5.75 Å². The van der Waals surface area contributed by atoms with Gasteiger partial charge < -0.3 is 5.11 Å². The predicted molar refractivity (Wildman–Crippen MR) is 75.3 cm³/mol. The lowest BCUT2D eigenvalue weighted by molar-refractivity contribution is 0.458. The summed E-state index contributed by atoms with van der Waals surface area (Å²) < 4.78 is 1.83. The lowest BCUT2D eigenvalue weighted by Crippen LogP contribution is -2.03. The Bertz CT molecular complexity index is 548. The third-order valence-corrected chi connectivity index (χ3v) is 3.48. The average Bonchev–Trinajstić information content (AvgIpc) is 2.87. The lowest BCUT2D eigenvalue weighted by Gasteiger charge is -2.16. The van der Waals surface area contributed by atoms with Gasteiger partial charge in [0.1, 0.15) is 5.75 Å². The van der Waals surface area contributed by atoms with E-state index in [0.29, 0.717) is 5.75 Å². The Kier molecular flexibility index (Phi) is 4.20. The van der Waals surface area contributed by atoms with Crippen molar-refractivity contribution in [2.24, 2.45) is 0 Å². The van der Waals surface area contributed by atoms with E-state index in [1.165, 1.54) is 5.56 Å². The maximum Gasteiger partial charge on any atom is 0.119 e. The van der Waals surface area contributed by atoms with Crippen molar-refractivity contribution >= 4 is 0 Å². The first kappa shape index (κ1) is 13.6. The molecule has 19 heavy (non-hydrogen) atoms. The predicted octanol–water partition coefficient (Wildman–Crippen LogP) is 3.05. The quantitative estimate of drug-likeness (QED) is 0.897. The Morgan fingerprint density at radius 2 is 2.11 bits per heavy atom. The highest BCUT2D eigenvalue weighted by Crippen LogP contribution is 2.31. The summed E-state index contributed by atoms with van der Waals surface area (Å²) in [4.78, 5) is 0. The largest absolute Gasteiger partial charge is 0.508 e. The molecule has 0 spiro atoms. The summed E-state index contributed by atoms with van der Waals surface area (Å²) in [7, 11) is 0. The minimum absolute atomic E-state index is 0.280. The maximum absolute atomic E-state index is 10.0. The maximum atomic E-state index is 10.0. The first-order valence-corrected chi connectivity index (χ1v) is 6.82. The molecular formula is C15H21N3O. The van der Waals surface area contributed by atoms with Crippen LogP contribution in [0, 0.1) is 6.92 Å². The van der Waals surface area contributed by atoms with Crippen LogP contribution in [-0.2, 0) is 13.0 Å². The molecule has 0 aliphatic rings. The highest BCUT2D eigenvalue weighted by atomic mass is 16.3. The fourth-order valence-electron chi connectivity index (χ4n) is 2.31. The van der Waals surface area contributed by atoms with Gasteiger partial charge in [-0.25, -0.2) is 0 Å². The molecule has 0 aliphatic heterocycles.